The summed E-state index contributed by atoms with van der Waals surface area (Å²) in [5, 5.41) is 5.17. The van der Waals surface area contributed by atoms with Crippen LogP contribution in [0.1, 0.15) is 20.7 Å². The van der Waals surface area contributed by atoms with Crippen LogP contribution in [0.2, 0.25) is 0 Å². The second-order valence-corrected chi connectivity index (χ2v) is 8.41. The summed E-state index contributed by atoms with van der Waals surface area (Å²) < 4.78 is 33.5. The highest BCUT2D eigenvalue weighted by Gasteiger charge is 2.17. The third-order valence-corrected chi connectivity index (χ3v) is 5.81. The van der Waals surface area contributed by atoms with Crippen LogP contribution in [0.4, 0.5) is 20.2 Å². The molecular formula is C21H14F2I2N2O3. The van der Waals surface area contributed by atoms with Crippen LogP contribution in [0.15, 0.2) is 54.6 Å². The number of hydrogen-bond acceptors (Lipinski definition) is 3. The van der Waals surface area contributed by atoms with Crippen LogP contribution in [0.5, 0.6) is 5.75 Å². The van der Waals surface area contributed by atoms with Gasteiger partial charge in [-0.05, 0) is 99.8 Å². The van der Waals surface area contributed by atoms with Gasteiger partial charge in [-0.15, -0.1) is 0 Å². The van der Waals surface area contributed by atoms with E-state index in [1.165, 1.54) is 43.5 Å². The molecule has 0 spiro atoms. The molecule has 0 atom stereocenters. The number of carbonyl (C=O) groups excluding carboxylic acids is 2. The number of halogens is 4. The Bertz CT molecular complexity index is 1140. The number of ether oxygens (including phenoxy) is 1. The maximum Gasteiger partial charge on any atom is 0.259 e. The third-order valence-electron chi connectivity index (χ3n) is 4.06. The zero-order valence-electron chi connectivity index (χ0n) is 15.4. The summed E-state index contributed by atoms with van der Waals surface area (Å²) in [6.07, 6.45) is 0. The fourth-order valence-electron chi connectivity index (χ4n) is 2.58. The highest BCUT2D eigenvalue weighted by atomic mass is 127. The zero-order valence-corrected chi connectivity index (χ0v) is 19.7. The Hall–Kier alpha value is -2.28. The molecular weight excluding hydrogens is 620 g/mol. The monoisotopic (exact) mass is 634 g/mol. The summed E-state index contributed by atoms with van der Waals surface area (Å²) in [5.74, 6) is -1.75. The molecule has 30 heavy (non-hydrogen) atoms. The molecule has 0 aliphatic heterocycles. The lowest BCUT2D eigenvalue weighted by molar-refractivity contribution is 0.102. The van der Waals surface area contributed by atoms with Crippen LogP contribution in [0, 0.1) is 18.8 Å². The second-order valence-electron chi connectivity index (χ2n) is 6.08. The average molecular weight is 634 g/mol. The van der Waals surface area contributed by atoms with Crippen molar-refractivity contribution >= 4 is 68.4 Å². The first kappa shape index (κ1) is 22.4. The van der Waals surface area contributed by atoms with Gasteiger partial charge in [-0.25, -0.2) is 8.78 Å². The Labute approximate surface area is 198 Å². The quantitative estimate of drug-likeness (QED) is 0.355. The van der Waals surface area contributed by atoms with Crippen LogP contribution >= 0.6 is 45.2 Å². The van der Waals surface area contributed by atoms with Crippen molar-refractivity contribution in [2.75, 3.05) is 17.7 Å². The topological polar surface area (TPSA) is 67.4 Å². The minimum Gasteiger partial charge on any atom is -0.496 e. The van der Waals surface area contributed by atoms with Gasteiger partial charge in [-0.1, -0.05) is 0 Å². The van der Waals surface area contributed by atoms with Crippen LogP contribution in [-0.2, 0) is 0 Å². The van der Waals surface area contributed by atoms with Gasteiger partial charge in [0.05, 0.1) is 12.7 Å². The summed E-state index contributed by atoms with van der Waals surface area (Å²) in [5.41, 5.74) is 0.824. The van der Waals surface area contributed by atoms with E-state index in [1.807, 2.05) is 45.2 Å². The summed E-state index contributed by atoms with van der Waals surface area (Å²) in [7, 11) is 1.39. The predicted molar refractivity (Wildman–Crippen MR) is 127 cm³/mol. The van der Waals surface area contributed by atoms with Gasteiger partial charge in [0.2, 0.25) is 0 Å². The summed E-state index contributed by atoms with van der Waals surface area (Å²) in [4.78, 5) is 25.3. The molecule has 0 bridgehead atoms. The molecule has 2 N–H and O–H groups in total. The molecule has 2 amide bonds. The smallest absolute Gasteiger partial charge is 0.259 e. The van der Waals surface area contributed by atoms with Gasteiger partial charge in [0.25, 0.3) is 11.8 Å². The van der Waals surface area contributed by atoms with Crippen molar-refractivity contribution in [2.24, 2.45) is 0 Å². The maximum absolute atomic E-state index is 13.7. The molecule has 0 radical (unpaired) electrons. The highest BCUT2D eigenvalue weighted by molar-refractivity contribution is 14.1. The molecule has 0 unspecified atom stereocenters. The Balaban J connectivity index is 1.84. The molecule has 9 heteroatoms. The number of anilines is 2. The fraction of sp³-hybridized carbons (Fsp3) is 0.0476. The van der Waals surface area contributed by atoms with Gasteiger partial charge in [-0.3, -0.25) is 9.59 Å². The van der Waals surface area contributed by atoms with Crippen LogP contribution < -0.4 is 15.4 Å². The van der Waals surface area contributed by atoms with E-state index in [-0.39, 0.29) is 28.3 Å². The van der Waals surface area contributed by atoms with Crippen molar-refractivity contribution < 1.29 is 23.1 Å². The van der Waals surface area contributed by atoms with Crippen LogP contribution in [-0.4, -0.2) is 18.9 Å². The zero-order chi connectivity index (χ0) is 21.8. The van der Waals surface area contributed by atoms with Crippen molar-refractivity contribution in [3.63, 3.8) is 0 Å². The minimum absolute atomic E-state index is 0.0953. The Kier molecular flexibility index (Phi) is 7.23. The van der Waals surface area contributed by atoms with Crippen molar-refractivity contribution in [1.82, 2.24) is 0 Å². The van der Waals surface area contributed by atoms with Gasteiger partial charge in [0.1, 0.15) is 17.4 Å². The van der Waals surface area contributed by atoms with E-state index in [0.29, 0.717) is 7.14 Å². The number of benzene rings is 3. The van der Waals surface area contributed by atoms with Gasteiger partial charge >= 0.3 is 0 Å². The number of methoxy groups -OCH3 is 1. The van der Waals surface area contributed by atoms with E-state index in [0.717, 1.165) is 0 Å². The standard InChI is InChI=1S/C21H14F2I2N2O3/c1-30-19-7-2-11(20(28)26-12-3-5-17(24)15(22)9-12)8-14(19)21(29)27-13-4-6-18(25)16(23)10-13/h2-10H,1H3,(H,26,28)(H,27,29). The van der Waals surface area contributed by atoms with E-state index in [4.69, 9.17) is 4.74 Å². The van der Waals surface area contributed by atoms with E-state index in [2.05, 4.69) is 10.6 Å². The van der Waals surface area contributed by atoms with Crippen molar-refractivity contribution in [2.45, 2.75) is 0 Å². The summed E-state index contributed by atoms with van der Waals surface area (Å²) in [6, 6.07) is 12.9. The normalized spacial score (nSPS) is 10.4. The van der Waals surface area contributed by atoms with Gasteiger partial charge in [-0.2, -0.15) is 0 Å². The maximum atomic E-state index is 13.7. The Morgan fingerprint density at radius 2 is 1.33 bits per heavy atom. The molecule has 3 aromatic carbocycles. The van der Waals surface area contributed by atoms with Crippen LogP contribution in [0.3, 0.4) is 0 Å². The molecule has 3 rings (SSSR count). The van der Waals surface area contributed by atoms with Gasteiger partial charge in [0.15, 0.2) is 0 Å². The summed E-state index contributed by atoms with van der Waals surface area (Å²) in [6.45, 7) is 0. The molecule has 5 nitrogen and oxygen atoms in total. The van der Waals surface area contributed by atoms with E-state index in [9.17, 15) is 18.4 Å². The first-order chi connectivity index (χ1) is 14.3. The molecule has 154 valence electrons. The van der Waals surface area contributed by atoms with Crippen LogP contribution in [0.25, 0.3) is 0 Å². The molecule has 0 saturated carbocycles. The first-order valence-electron chi connectivity index (χ1n) is 8.49. The minimum atomic E-state index is -0.567. The molecule has 0 aromatic heterocycles. The predicted octanol–water partition coefficient (Wildman–Crippen LogP) is 5.69. The molecule has 0 heterocycles. The number of carbonyl (C=O) groups is 2. The SMILES string of the molecule is COc1ccc(C(=O)Nc2ccc(I)c(F)c2)cc1C(=O)Nc1ccc(I)c(F)c1. The molecule has 0 fully saturated rings. The summed E-state index contributed by atoms with van der Waals surface area (Å²) >= 11 is 3.69. The van der Waals surface area contributed by atoms with E-state index < -0.39 is 23.4 Å². The Morgan fingerprint density at radius 3 is 1.83 bits per heavy atom. The van der Waals surface area contributed by atoms with E-state index in [1.54, 1.807) is 18.2 Å². The lowest BCUT2D eigenvalue weighted by atomic mass is 10.1. The van der Waals surface area contributed by atoms with Gasteiger partial charge < -0.3 is 15.4 Å². The molecule has 3 aromatic rings. The van der Waals surface area contributed by atoms with Crippen molar-refractivity contribution in [3.8, 4) is 5.75 Å². The fourth-order valence-corrected chi connectivity index (χ4v) is 3.25. The molecule has 0 aliphatic carbocycles. The number of rotatable bonds is 5. The number of amides is 2. The van der Waals surface area contributed by atoms with Crippen molar-refractivity contribution in [3.05, 3.63) is 84.5 Å². The molecule has 0 aliphatic rings. The largest absolute Gasteiger partial charge is 0.496 e. The molecule has 0 saturated heterocycles. The third kappa shape index (κ3) is 5.25. The lowest BCUT2D eigenvalue weighted by Gasteiger charge is -2.12. The Morgan fingerprint density at radius 1 is 0.800 bits per heavy atom. The highest BCUT2D eigenvalue weighted by Crippen LogP contribution is 2.24. The number of nitrogens with one attached hydrogen (secondary N) is 2. The van der Waals surface area contributed by atoms with E-state index >= 15 is 0 Å². The second kappa shape index (κ2) is 9.69. The lowest BCUT2D eigenvalue weighted by Crippen LogP contribution is -2.17. The van der Waals surface area contributed by atoms with Gasteiger partial charge in [0, 0.05) is 24.1 Å². The average Bonchev–Trinajstić information content (AvgIpc) is 2.73. The van der Waals surface area contributed by atoms with Crippen molar-refractivity contribution in [1.29, 1.82) is 0 Å². The first-order valence-corrected chi connectivity index (χ1v) is 10.6. The number of hydrogen-bond donors (Lipinski definition) is 2.